The molecule has 4 rings (SSSR count). The quantitative estimate of drug-likeness (QED) is 0.613. The minimum Gasteiger partial charge on any atom is -0.337 e. The van der Waals surface area contributed by atoms with Crippen molar-refractivity contribution in [2.24, 2.45) is 0 Å². The summed E-state index contributed by atoms with van der Waals surface area (Å²) in [5, 5.41) is 2.41. The lowest BCUT2D eigenvalue weighted by Crippen LogP contribution is -2.35. The van der Waals surface area contributed by atoms with Gasteiger partial charge >= 0.3 is 0 Å². The molecular formula is C22H21Cl2N3O. The monoisotopic (exact) mass is 413 g/mol. The van der Waals surface area contributed by atoms with Gasteiger partial charge in [0.1, 0.15) is 0 Å². The molecule has 0 radical (unpaired) electrons. The first-order valence-corrected chi connectivity index (χ1v) is 10.2. The summed E-state index contributed by atoms with van der Waals surface area (Å²) in [6.07, 6.45) is 2.72. The molecule has 1 saturated heterocycles. The van der Waals surface area contributed by atoms with Gasteiger partial charge in [-0.25, -0.2) is 0 Å². The standard InChI is InChI=1S/C22H21Cl2N3O/c23-18-6-1-4-17(14-18)22(28)27-11-3-10-26(12-13-27)15-19-20(24)8-7-16-5-2-9-25-21(16)19/h1-2,4-9,14H,3,10-13,15H2. The molecule has 0 bridgehead atoms. The summed E-state index contributed by atoms with van der Waals surface area (Å²) < 4.78 is 0. The Kier molecular flexibility index (Phi) is 5.81. The topological polar surface area (TPSA) is 36.4 Å². The molecule has 0 spiro atoms. The number of carbonyl (C=O) groups is 1. The van der Waals surface area contributed by atoms with Crippen LogP contribution in [0.4, 0.5) is 0 Å². The predicted molar refractivity (Wildman–Crippen MR) is 114 cm³/mol. The van der Waals surface area contributed by atoms with Gasteiger partial charge in [-0.3, -0.25) is 14.7 Å². The van der Waals surface area contributed by atoms with Crippen LogP contribution in [-0.4, -0.2) is 46.9 Å². The van der Waals surface area contributed by atoms with Gasteiger partial charge < -0.3 is 4.90 Å². The van der Waals surface area contributed by atoms with E-state index in [9.17, 15) is 4.79 Å². The van der Waals surface area contributed by atoms with Crippen LogP contribution >= 0.6 is 23.2 Å². The maximum Gasteiger partial charge on any atom is 0.253 e. The SMILES string of the molecule is O=C(c1cccc(Cl)c1)N1CCCN(Cc2c(Cl)ccc3cccnc23)CC1. The molecule has 1 aromatic heterocycles. The van der Waals surface area contributed by atoms with Crippen molar-refractivity contribution in [1.29, 1.82) is 0 Å². The van der Waals surface area contributed by atoms with E-state index in [0.717, 1.165) is 54.1 Å². The normalized spacial score (nSPS) is 15.6. The second kappa shape index (κ2) is 8.48. The molecule has 6 heteroatoms. The van der Waals surface area contributed by atoms with Gasteiger partial charge in [0.15, 0.2) is 0 Å². The lowest BCUT2D eigenvalue weighted by atomic mass is 10.1. The second-order valence-corrected chi connectivity index (χ2v) is 7.88. The van der Waals surface area contributed by atoms with Crippen molar-refractivity contribution in [2.75, 3.05) is 26.2 Å². The maximum absolute atomic E-state index is 12.8. The predicted octanol–water partition coefficient (Wildman–Crippen LogP) is 4.89. The number of halogens is 2. The second-order valence-electron chi connectivity index (χ2n) is 7.03. The van der Waals surface area contributed by atoms with Crippen molar-refractivity contribution in [3.05, 3.63) is 75.9 Å². The molecule has 0 atom stereocenters. The molecule has 3 aromatic rings. The van der Waals surface area contributed by atoms with Crippen LogP contribution in [0.1, 0.15) is 22.3 Å². The van der Waals surface area contributed by atoms with Crippen molar-refractivity contribution in [3.63, 3.8) is 0 Å². The number of hydrogen-bond donors (Lipinski definition) is 0. The average molecular weight is 414 g/mol. The van der Waals surface area contributed by atoms with E-state index in [1.165, 1.54) is 0 Å². The molecule has 0 unspecified atom stereocenters. The summed E-state index contributed by atoms with van der Waals surface area (Å²) in [5.74, 6) is 0.0363. The Bertz CT molecular complexity index is 1010. The van der Waals surface area contributed by atoms with Gasteiger partial charge in [0.05, 0.1) is 5.52 Å². The van der Waals surface area contributed by atoms with Gasteiger partial charge in [-0.15, -0.1) is 0 Å². The molecule has 4 nitrogen and oxygen atoms in total. The number of amides is 1. The molecule has 0 N–H and O–H groups in total. The minimum absolute atomic E-state index is 0.0363. The van der Waals surface area contributed by atoms with Crippen molar-refractivity contribution in [3.8, 4) is 0 Å². The third-order valence-corrected chi connectivity index (χ3v) is 5.74. The Morgan fingerprint density at radius 1 is 1.00 bits per heavy atom. The van der Waals surface area contributed by atoms with Gasteiger partial charge in [-0.1, -0.05) is 41.4 Å². The molecular weight excluding hydrogens is 393 g/mol. The summed E-state index contributed by atoms with van der Waals surface area (Å²) in [7, 11) is 0. The molecule has 0 saturated carbocycles. The van der Waals surface area contributed by atoms with Crippen molar-refractivity contribution >= 4 is 40.0 Å². The Morgan fingerprint density at radius 2 is 1.89 bits per heavy atom. The smallest absolute Gasteiger partial charge is 0.253 e. The molecule has 1 amide bonds. The molecule has 2 aromatic carbocycles. The number of rotatable bonds is 3. The fraction of sp³-hybridized carbons (Fsp3) is 0.273. The zero-order valence-corrected chi connectivity index (χ0v) is 17.0. The van der Waals surface area contributed by atoms with Gasteiger partial charge in [-0.2, -0.15) is 0 Å². The molecule has 1 aliphatic heterocycles. The van der Waals surface area contributed by atoms with Crippen molar-refractivity contribution < 1.29 is 4.79 Å². The number of carbonyl (C=O) groups excluding carboxylic acids is 1. The van der Waals surface area contributed by atoms with Crippen LogP contribution < -0.4 is 0 Å². The van der Waals surface area contributed by atoms with Crippen molar-refractivity contribution in [1.82, 2.24) is 14.8 Å². The molecule has 28 heavy (non-hydrogen) atoms. The highest BCUT2D eigenvalue weighted by Crippen LogP contribution is 2.26. The van der Waals surface area contributed by atoms with E-state index >= 15 is 0 Å². The van der Waals surface area contributed by atoms with Crippen LogP contribution in [0.15, 0.2) is 54.7 Å². The maximum atomic E-state index is 12.8. The summed E-state index contributed by atoms with van der Waals surface area (Å²) in [5.41, 5.74) is 2.64. The number of fused-ring (bicyclic) bond motifs is 1. The first-order chi connectivity index (χ1) is 13.6. The average Bonchev–Trinajstić information content (AvgIpc) is 2.95. The van der Waals surface area contributed by atoms with E-state index in [4.69, 9.17) is 23.2 Å². The summed E-state index contributed by atoms with van der Waals surface area (Å²) in [4.78, 5) is 21.6. The highest BCUT2D eigenvalue weighted by atomic mass is 35.5. The largest absolute Gasteiger partial charge is 0.337 e. The van der Waals surface area contributed by atoms with Gasteiger partial charge in [0.25, 0.3) is 5.91 Å². The van der Waals surface area contributed by atoms with E-state index < -0.39 is 0 Å². The van der Waals surface area contributed by atoms with Gasteiger partial charge in [-0.05, 0) is 36.8 Å². The third-order valence-electron chi connectivity index (χ3n) is 5.15. The van der Waals surface area contributed by atoms with E-state index in [-0.39, 0.29) is 5.91 Å². The Balaban J connectivity index is 1.48. The van der Waals surface area contributed by atoms with E-state index in [2.05, 4.69) is 16.0 Å². The zero-order chi connectivity index (χ0) is 19.5. The summed E-state index contributed by atoms with van der Waals surface area (Å²) in [6, 6.07) is 15.1. The number of aromatic nitrogens is 1. The van der Waals surface area contributed by atoms with Crippen LogP contribution in [-0.2, 0) is 6.54 Å². The van der Waals surface area contributed by atoms with Crippen LogP contribution in [0.2, 0.25) is 10.0 Å². The molecule has 2 heterocycles. The van der Waals surface area contributed by atoms with Crippen LogP contribution in [0, 0.1) is 0 Å². The molecule has 1 aliphatic rings. The summed E-state index contributed by atoms with van der Waals surface area (Å²) >= 11 is 12.5. The van der Waals surface area contributed by atoms with Crippen LogP contribution in [0.3, 0.4) is 0 Å². The first-order valence-electron chi connectivity index (χ1n) is 9.41. The van der Waals surface area contributed by atoms with Crippen LogP contribution in [0.25, 0.3) is 10.9 Å². The number of benzene rings is 2. The highest BCUT2D eigenvalue weighted by Gasteiger charge is 2.21. The first kappa shape index (κ1) is 19.2. The lowest BCUT2D eigenvalue weighted by molar-refractivity contribution is 0.0761. The van der Waals surface area contributed by atoms with Gasteiger partial charge in [0.2, 0.25) is 0 Å². The minimum atomic E-state index is 0.0363. The van der Waals surface area contributed by atoms with E-state index in [1.807, 2.05) is 35.2 Å². The fourth-order valence-electron chi connectivity index (χ4n) is 3.69. The lowest BCUT2D eigenvalue weighted by Gasteiger charge is -2.23. The molecule has 0 aliphatic carbocycles. The zero-order valence-electron chi connectivity index (χ0n) is 15.4. The molecule has 1 fully saturated rings. The van der Waals surface area contributed by atoms with Crippen molar-refractivity contribution in [2.45, 2.75) is 13.0 Å². The van der Waals surface area contributed by atoms with E-state index in [1.54, 1.807) is 18.3 Å². The fourth-order valence-corrected chi connectivity index (χ4v) is 4.09. The third kappa shape index (κ3) is 4.14. The van der Waals surface area contributed by atoms with E-state index in [0.29, 0.717) is 17.1 Å². The number of pyridine rings is 1. The van der Waals surface area contributed by atoms with Crippen LogP contribution in [0.5, 0.6) is 0 Å². The Morgan fingerprint density at radius 3 is 2.75 bits per heavy atom. The Labute approximate surface area is 174 Å². The number of hydrogen-bond acceptors (Lipinski definition) is 3. The van der Waals surface area contributed by atoms with Gasteiger partial charge in [0, 0.05) is 65.5 Å². The Hall–Kier alpha value is -2.14. The summed E-state index contributed by atoms with van der Waals surface area (Å²) in [6.45, 7) is 3.86. The number of nitrogens with zero attached hydrogens (tertiary/aromatic N) is 3. The highest BCUT2D eigenvalue weighted by molar-refractivity contribution is 6.32. The molecule has 144 valence electrons.